The van der Waals surface area contributed by atoms with Gasteiger partial charge in [0.05, 0.1) is 23.8 Å². The summed E-state index contributed by atoms with van der Waals surface area (Å²) in [6.07, 6.45) is 2.26. The molecule has 0 spiro atoms. The normalized spacial score (nSPS) is 16.1. The Labute approximate surface area is 117 Å². The molecule has 2 rings (SSSR count). The Morgan fingerprint density at radius 3 is 2.60 bits per heavy atom. The molecule has 0 amide bonds. The summed E-state index contributed by atoms with van der Waals surface area (Å²) in [5, 5.41) is 13.9. The van der Waals surface area contributed by atoms with Gasteiger partial charge in [-0.1, -0.05) is 13.8 Å². The van der Waals surface area contributed by atoms with E-state index in [0.717, 1.165) is 18.9 Å². The van der Waals surface area contributed by atoms with Crippen molar-refractivity contribution in [3.63, 3.8) is 0 Å². The van der Waals surface area contributed by atoms with E-state index in [-0.39, 0.29) is 22.5 Å². The van der Waals surface area contributed by atoms with Crippen LogP contribution in [0.3, 0.4) is 0 Å². The van der Waals surface area contributed by atoms with Gasteiger partial charge in [0.25, 0.3) is 0 Å². The minimum atomic E-state index is -0.651. The van der Waals surface area contributed by atoms with Gasteiger partial charge in [-0.25, -0.2) is 4.39 Å². The lowest BCUT2D eigenvalue weighted by atomic mass is 9.92. The number of nitrogens with one attached hydrogen (secondary N) is 1. The summed E-state index contributed by atoms with van der Waals surface area (Å²) in [5.74, 6) is -0.0386. The summed E-state index contributed by atoms with van der Waals surface area (Å²) in [6.45, 7) is 4.98. The van der Waals surface area contributed by atoms with Crippen molar-refractivity contribution in [2.75, 3.05) is 19.0 Å². The number of anilines is 1. The number of rotatable bonds is 6. The predicted octanol–water partition coefficient (Wildman–Crippen LogP) is 3.59. The summed E-state index contributed by atoms with van der Waals surface area (Å²) in [5.41, 5.74) is 0.112. The molecule has 1 aliphatic rings. The molecule has 1 fully saturated rings. The zero-order valence-electron chi connectivity index (χ0n) is 11.9. The van der Waals surface area contributed by atoms with E-state index in [1.54, 1.807) is 0 Å². The molecule has 20 heavy (non-hydrogen) atoms. The molecular formula is C14H19FN2O3. The molecule has 0 radical (unpaired) electrons. The van der Waals surface area contributed by atoms with E-state index < -0.39 is 10.7 Å². The highest BCUT2D eigenvalue weighted by Crippen LogP contribution is 2.51. The molecule has 5 nitrogen and oxygen atoms in total. The molecule has 0 heterocycles. The SMILES string of the molecule is COc1cc(NCC2(C(C)C)CC2)c(F)cc1[N+](=O)[O-]. The van der Waals surface area contributed by atoms with Crippen LogP contribution in [-0.4, -0.2) is 18.6 Å². The number of ether oxygens (including phenoxy) is 1. The van der Waals surface area contributed by atoms with Crippen molar-refractivity contribution in [2.24, 2.45) is 11.3 Å². The van der Waals surface area contributed by atoms with Crippen molar-refractivity contribution in [3.8, 4) is 5.75 Å². The Hall–Kier alpha value is -1.85. The van der Waals surface area contributed by atoms with Crippen molar-refractivity contribution < 1.29 is 14.1 Å². The third kappa shape index (κ3) is 2.69. The Bertz CT molecular complexity index is 527. The number of hydrogen-bond donors (Lipinski definition) is 1. The fourth-order valence-corrected chi connectivity index (χ4v) is 2.37. The Balaban J connectivity index is 2.18. The van der Waals surface area contributed by atoms with E-state index >= 15 is 0 Å². The van der Waals surface area contributed by atoms with Gasteiger partial charge >= 0.3 is 5.69 Å². The van der Waals surface area contributed by atoms with Crippen LogP contribution in [0, 0.1) is 27.3 Å². The second kappa shape index (κ2) is 5.26. The molecule has 0 aliphatic heterocycles. The number of halogens is 1. The first-order valence-electron chi connectivity index (χ1n) is 6.65. The van der Waals surface area contributed by atoms with E-state index in [4.69, 9.17) is 4.74 Å². The topological polar surface area (TPSA) is 64.4 Å². The van der Waals surface area contributed by atoms with E-state index in [9.17, 15) is 14.5 Å². The van der Waals surface area contributed by atoms with Crippen LogP contribution in [0.1, 0.15) is 26.7 Å². The van der Waals surface area contributed by atoms with Crippen molar-refractivity contribution in [1.82, 2.24) is 0 Å². The van der Waals surface area contributed by atoms with Gasteiger partial charge in [-0.05, 0) is 24.2 Å². The van der Waals surface area contributed by atoms with Crippen molar-refractivity contribution >= 4 is 11.4 Å². The molecule has 110 valence electrons. The van der Waals surface area contributed by atoms with Gasteiger partial charge in [0.1, 0.15) is 0 Å². The highest BCUT2D eigenvalue weighted by Gasteiger charge is 2.45. The van der Waals surface area contributed by atoms with Crippen LogP contribution in [0.25, 0.3) is 0 Å². The third-order valence-electron chi connectivity index (χ3n) is 4.21. The van der Waals surface area contributed by atoms with Crippen LogP contribution in [0.5, 0.6) is 5.75 Å². The van der Waals surface area contributed by atoms with Crippen LogP contribution >= 0.6 is 0 Å². The zero-order valence-corrected chi connectivity index (χ0v) is 11.9. The van der Waals surface area contributed by atoms with Gasteiger partial charge in [-0.3, -0.25) is 10.1 Å². The van der Waals surface area contributed by atoms with Gasteiger partial charge in [-0.15, -0.1) is 0 Å². The van der Waals surface area contributed by atoms with E-state index in [1.165, 1.54) is 13.2 Å². The van der Waals surface area contributed by atoms with Crippen LogP contribution in [0.15, 0.2) is 12.1 Å². The number of nitrogens with zero attached hydrogens (tertiary/aromatic N) is 1. The number of nitro groups is 1. The van der Waals surface area contributed by atoms with E-state index in [0.29, 0.717) is 12.5 Å². The van der Waals surface area contributed by atoms with E-state index in [2.05, 4.69) is 19.2 Å². The molecule has 6 heteroatoms. The first-order chi connectivity index (χ1) is 9.39. The fraction of sp³-hybridized carbons (Fsp3) is 0.571. The van der Waals surface area contributed by atoms with Crippen LogP contribution in [0.4, 0.5) is 15.8 Å². The molecule has 1 saturated carbocycles. The molecule has 1 aromatic rings. The molecule has 0 atom stereocenters. The minimum absolute atomic E-state index is 0.0632. The lowest BCUT2D eigenvalue weighted by Crippen LogP contribution is -2.21. The van der Waals surface area contributed by atoms with Crippen LogP contribution < -0.4 is 10.1 Å². The van der Waals surface area contributed by atoms with Crippen LogP contribution in [-0.2, 0) is 0 Å². The highest BCUT2D eigenvalue weighted by molar-refractivity contribution is 5.59. The second-order valence-electron chi connectivity index (χ2n) is 5.63. The van der Waals surface area contributed by atoms with Gasteiger partial charge in [-0.2, -0.15) is 0 Å². The summed E-state index contributed by atoms with van der Waals surface area (Å²) >= 11 is 0. The fourth-order valence-electron chi connectivity index (χ4n) is 2.37. The Morgan fingerprint density at radius 2 is 2.15 bits per heavy atom. The largest absolute Gasteiger partial charge is 0.490 e. The molecule has 0 bridgehead atoms. The molecule has 1 aromatic carbocycles. The maximum absolute atomic E-state index is 13.9. The van der Waals surface area contributed by atoms with Gasteiger partial charge < -0.3 is 10.1 Å². The second-order valence-corrected chi connectivity index (χ2v) is 5.63. The van der Waals surface area contributed by atoms with Crippen molar-refractivity contribution in [3.05, 3.63) is 28.1 Å². The van der Waals surface area contributed by atoms with Crippen molar-refractivity contribution in [2.45, 2.75) is 26.7 Å². The molecule has 0 aromatic heterocycles. The van der Waals surface area contributed by atoms with Crippen LogP contribution in [0.2, 0.25) is 0 Å². The molecule has 1 N–H and O–H groups in total. The predicted molar refractivity (Wildman–Crippen MR) is 74.6 cm³/mol. The smallest absolute Gasteiger partial charge is 0.313 e. The number of benzene rings is 1. The van der Waals surface area contributed by atoms with Gasteiger partial charge in [0.15, 0.2) is 11.6 Å². The number of hydrogen-bond acceptors (Lipinski definition) is 4. The Morgan fingerprint density at radius 1 is 1.50 bits per heavy atom. The lowest BCUT2D eigenvalue weighted by Gasteiger charge is -2.21. The maximum atomic E-state index is 13.9. The number of nitro benzene ring substituents is 1. The quantitative estimate of drug-likeness (QED) is 0.639. The summed E-state index contributed by atoms with van der Waals surface area (Å²) in [4.78, 5) is 10.1. The molecule has 0 saturated heterocycles. The van der Waals surface area contributed by atoms with Gasteiger partial charge in [0, 0.05) is 12.6 Å². The highest BCUT2D eigenvalue weighted by atomic mass is 19.1. The monoisotopic (exact) mass is 282 g/mol. The summed E-state index contributed by atoms with van der Waals surface area (Å²) in [7, 11) is 1.33. The third-order valence-corrected chi connectivity index (χ3v) is 4.21. The first kappa shape index (κ1) is 14.6. The number of methoxy groups -OCH3 is 1. The first-order valence-corrected chi connectivity index (χ1v) is 6.65. The lowest BCUT2D eigenvalue weighted by molar-refractivity contribution is -0.385. The van der Waals surface area contributed by atoms with Gasteiger partial charge in [0.2, 0.25) is 0 Å². The Kier molecular flexibility index (Phi) is 3.83. The molecule has 1 aliphatic carbocycles. The molecular weight excluding hydrogens is 263 g/mol. The average molecular weight is 282 g/mol. The minimum Gasteiger partial charge on any atom is -0.490 e. The molecule has 0 unspecified atom stereocenters. The summed E-state index contributed by atoms with van der Waals surface area (Å²) in [6, 6.07) is 2.25. The van der Waals surface area contributed by atoms with Crippen molar-refractivity contribution in [1.29, 1.82) is 0 Å². The van der Waals surface area contributed by atoms with E-state index in [1.807, 2.05) is 0 Å². The zero-order chi connectivity index (χ0) is 14.9. The maximum Gasteiger partial charge on any atom is 0.313 e. The average Bonchev–Trinajstić information content (AvgIpc) is 3.18. The summed E-state index contributed by atoms with van der Waals surface area (Å²) < 4.78 is 18.8. The standard InChI is InChI=1S/C14H19FN2O3/c1-9(2)14(4-5-14)8-16-11-7-13(20-3)12(17(18)19)6-10(11)15/h6-7,9,16H,4-5,8H2,1-3H3.